The van der Waals surface area contributed by atoms with Crippen molar-refractivity contribution < 1.29 is 14.4 Å². The van der Waals surface area contributed by atoms with Gasteiger partial charge in [0.05, 0.1) is 0 Å². The molecule has 3 N–H and O–H groups in total. The highest BCUT2D eigenvalue weighted by Gasteiger charge is 2.53. The molecule has 25 heavy (non-hydrogen) atoms. The van der Waals surface area contributed by atoms with Crippen molar-refractivity contribution in [2.24, 2.45) is 17.1 Å². The van der Waals surface area contributed by atoms with Gasteiger partial charge in [0.25, 0.3) is 5.91 Å². The normalized spacial score (nSPS) is 28.2. The lowest BCUT2D eigenvalue weighted by Gasteiger charge is -2.40. The van der Waals surface area contributed by atoms with Crippen LogP contribution in [0, 0.1) is 11.3 Å². The number of urea groups is 1. The maximum Gasteiger partial charge on any atom is 0.325 e. The SMILES string of the molecule is CC(CN)N(C)C(=O)CN1C(=O)NC2(CCC(C(C)(C)C)CC2)C1=O. The van der Waals surface area contributed by atoms with Gasteiger partial charge in [-0.2, -0.15) is 0 Å². The molecule has 142 valence electrons. The third-order valence-corrected chi connectivity index (χ3v) is 6.00. The van der Waals surface area contributed by atoms with Gasteiger partial charge in [-0.05, 0) is 43.9 Å². The molecule has 2 fully saturated rings. The van der Waals surface area contributed by atoms with Gasteiger partial charge in [0.1, 0.15) is 12.1 Å². The van der Waals surface area contributed by atoms with E-state index in [1.165, 1.54) is 4.90 Å². The number of likely N-dealkylation sites (N-methyl/N-ethyl adjacent to an activating group) is 1. The average Bonchev–Trinajstić information content (AvgIpc) is 2.77. The second-order valence-electron chi connectivity index (χ2n) is 8.63. The van der Waals surface area contributed by atoms with E-state index in [0.29, 0.717) is 25.3 Å². The molecule has 1 aliphatic carbocycles. The highest BCUT2D eigenvalue weighted by atomic mass is 16.2. The van der Waals surface area contributed by atoms with Crippen LogP contribution in [0.2, 0.25) is 0 Å². The van der Waals surface area contributed by atoms with Gasteiger partial charge in [0.2, 0.25) is 5.91 Å². The van der Waals surface area contributed by atoms with Crippen LogP contribution in [0.1, 0.15) is 53.4 Å². The van der Waals surface area contributed by atoms with Crippen molar-refractivity contribution in [3.63, 3.8) is 0 Å². The van der Waals surface area contributed by atoms with Crippen LogP contribution in [0.4, 0.5) is 4.79 Å². The van der Waals surface area contributed by atoms with Crippen LogP contribution in [-0.4, -0.2) is 59.4 Å². The highest BCUT2D eigenvalue weighted by Crippen LogP contribution is 2.43. The smallest absolute Gasteiger partial charge is 0.325 e. The molecule has 1 saturated heterocycles. The van der Waals surface area contributed by atoms with Gasteiger partial charge in [-0.3, -0.25) is 14.5 Å². The minimum Gasteiger partial charge on any atom is -0.340 e. The van der Waals surface area contributed by atoms with Gasteiger partial charge in [-0.15, -0.1) is 0 Å². The molecule has 0 aromatic carbocycles. The first-order valence-corrected chi connectivity index (χ1v) is 9.11. The van der Waals surface area contributed by atoms with Crippen molar-refractivity contribution in [1.29, 1.82) is 0 Å². The van der Waals surface area contributed by atoms with Crippen LogP contribution in [0.3, 0.4) is 0 Å². The molecule has 1 heterocycles. The Morgan fingerprint density at radius 2 is 1.92 bits per heavy atom. The molecule has 0 aromatic heterocycles. The number of nitrogens with one attached hydrogen (secondary N) is 1. The van der Waals surface area contributed by atoms with Crippen molar-refractivity contribution in [1.82, 2.24) is 15.1 Å². The molecule has 1 unspecified atom stereocenters. The summed E-state index contributed by atoms with van der Waals surface area (Å²) in [6.45, 7) is 8.58. The maximum atomic E-state index is 12.9. The van der Waals surface area contributed by atoms with E-state index in [0.717, 1.165) is 17.7 Å². The van der Waals surface area contributed by atoms with Crippen LogP contribution in [0.15, 0.2) is 0 Å². The summed E-state index contributed by atoms with van der Waals surface area (Å²) in [6, 6.07) is -0.592. The molecule has 7 heteroatoms. The molecular formula is C18H32N4O3. The second kappa shape index (κ2) is 6.94. The fourth-order valence-electron chi connectivity index (χ4n) is 3.79. The Labute approximate surface area is 150 Å². The van der Waals surface area contributed by atoms with E-state index in [9.17, 15) is 14.4 Å². The number of hydrogen-bond acceptors (Lipinski definition) is 4. The Bertz CT molecular complexity index is 547. The summed E-state index contributed by atoms with van der Waals surface area (Å²) in [7, 11) is 1.64. The van der Waals surface area contributed by atoms with Crippen LogP contribution in [0.25, 0.3) is 0 Å². The minimum atomic E-state index is -0.822. The summed E-state index contributed by atoms with van der Waals surface area (Å²) >= 11 is 0. The van der Waals surface area contributed by atoms with Gasteiger partial charge < -0.3 is 16.0 Å². The van der Waals surface area contributed by atoms with Crippen molar-refractivity contribution in [3.05, 3.63) is 0 Å². The van der Waals surface area contributed by atoms with Crippen molar-refractivity contribution >= 4 is 17.8 Å². The molecule has 1 saturated carbocycles. The van der Waals surface area contributed by atoms with E-state index < -0.39 is 11.6 Å². The summed E-state index contributed by atoms with van der Waals surface area (Å²) in [5.74, 6) is 0.00364. The van der Waals surface area contributed by atoms with E-state index in [4.69, 9.17) is 5.73 Å². The molecule has 1 spiro atoms. The number of hydrogen-bond donors (Lipinski definition) is 2. The molecular weight excluding hydrogens is 320 g/mol. The summed E-state index contributed by atoms with van der Waals surface area (Å²) in [5.41, 5.74) is 4.96. The lowest BCUT2D eigenvalue weighted by Crippen LogP contribution is -2.51. The Morgan fingerprint density at radius 3 is 2.40 bits per heavy atom. The Balaban J connectivity index is 2.04. The predicted molar refractivity (Wildman–Crippen MR) is 95.7 cm³/mol. The molecule has 0 bridgehead atoms. The standard InChI is InChI=1S/C18H32N4O3/c1-12(10-19)21(5)14(23)11-22-15(24)18(20-16(22)25)8-6-13(7-9-18)17(2,3)4/h12-13H,6-11,19H2,1-5H3,(H,20,25). The summed E-state index contributed by atoms with van der Waals surface area (Å²) in [6.07, 6.45) is 3.08. The molecule has 2 rings (SSSR count). The number of rotatable bonds is 4. The van der Waals surface area contributed by atoms with Crippen molar-refractivity contribution in [3.8, 4) is 0 Å². The van der Waals surface area contributed by atoms with Crippen molar-refractivity contribution in [2.75, 3.05) is 20.1 Å². The number of nitrogens with two attached hydrogens (primary N) is 1. The van der Waals surface area contributed by atoms with E-state index in [-0.39, 0.29) is 29.8 Å². The number of imide groups is 1. The number of amides is 4. The van der Waals surface area contributed by atoms with E-state index in [2.05, 4.69) is 26.1 Å². The first kappa shape index (κ1) is 19.7. The molecule has 0 radical (unpaired) electrons. The van der Waals surface area contributed by atoms with Gasteiger partial charge in [-0.1, -0.05) is 20.8 Å². The lowest BCUT2D eigenvalue weighted by molar-refractivity contribution is -0.140. The van der Waals surface area contributed by atoms with Crippen LogP contribution >= 0.6 is 0 Å². The summed E-state index contributed by atoms with van der Waals surface area (Å²) in [5, 5.41) is 2.87. The zero-order chi connectivity index (χ0) is 19.0. The second-order valence-corrected chi connectivity index (χ2v) is 8.63. The molecule has 1 aliphatic heterocycles. The zero-order valence-electron chi connectivity index (χ0n) is 16.1. The van der Waals surface area contributed by atoms with Gasteiger partial charge in [0.15, 0.2) is 0 Å². The predicted octanol–water partition coefficient (Wildman–Crippen LogP) is 1.32. The van der Waals surface area contributed by atoms with Crippen LogP contribution < -0.4 is 11.1 Å². The van der Waals surface area contributed by atoms with Crippen molar-refractivity contribution in [2.45, 2.75) is 65.0 Å². The van der Waals surface area contributed by atoms with Gasteiger partial charge in [0, 0.05) is 19.6 Å². The van der Waals surface area contributed by atoms with Gasteiger partial charge >= 0.3 is 6.03 Å². The fourth-order valence-corrected chi connectivity index (χ4v) is 3.79. The molecule has 0 aromatic rings. The van der Waals surface area contributed by atoms with E-state index in [1.54, 1.807) is 7.05 Å². The molecule has 7 nitrogen and oxygen atoms in total. The van der Waals surface area contributed by atoms with E-state index >= 15 is 0 Å². The first-order valence-electron chi connectivity index (χ1n) is 9.11. The molecule has 4 amide bonds. The topological polar surface area (TPSA) is 95.7 Å². The maximum absolute atomic E-state index is 12.9. The lowest BCUT2D eigenvalue weighted by atomic mass is 9.67. The fraction of sp³-hybridized carbons (Fsp3) is 0.833. The third-order valence-electron chi connectivity index (χ3n) is 6.00. The third kappa shape index (κ3) is 3.81. The zero-order valence-corrected chi connectivity index (χ0v) is 16.1. The van der Waals surface area contributed by atoms with Gasteiger partial charge in [-0.25, -0.2) is 4.79 Å². The summed E-state index contributed by atoms with van der Waals surface area (Å²) in [4.78, 5) is 40.1. The largest absolute Gasteiger partial charge is 0.340 e. The highest BCUT2D eigenvalue weighted by molar-refractivity contribution is 6.09. The first-order chi connectivity index (χ1) is 11.5. The van der Waals surface area contributed by atoms with Crippen LogP contribution in [0.5, 0.6) is 0 Å². The molecule has 2 aliphatic rings. The number of carbonyl (C=O) groups excluding carboxylic acids is 3. The monoisotopic (exact) mass is 352 g/mol. The molecule has 1 atom stereocenters. The summed E-state index contributed by atoms with van der Waals surface area (Å²) < 4.78 is 0. The Morgan fingerprint density at radius 1 is 1.36 bits per heavy atom. The minimum absolute atomic E-state index is 0.135. The number of carbonyl (C=O) groups is 3. The number of nitrogens with zero attached hydrogens (tertiary/aromatic N) is 2. The Kier molecular flexibility index (Phi) is 5.47. The van der Waals surface area contributed by atoms with Crippen LogP contribution in [-0.2, 0) is 9.59 Å². The van der Waals surface area contributed by atoms with E-state index in [1.807, 2.05) is 6.92 Å². The quantitative estimate of drug-likeness (QED) is 0.746. The Hall–Kier alpha value is -1.63. The average molecular weight is 352 g/mol.